The first-order valence-corrected chi connectivity index (χ1v) is 7.04. The number of carbonyl (C=O) groups excluding carboxylic acids is 2. The van der Waals surface area contributed by atoms with Crippen molar-refractivity contribution in [3.63, 3.8) is 0 Å². The number of hydrogen-bond acceptors (Lipinski definition) is 5. The highest BCUT2D eigenvalue weighted by Crippen LogP contribution is 2.30. The smallest absolute Gasteiger partial charge is 0.338 e. The molecule has 0 saturated carbocycles. The van der Waals surface area contributed by atoms with Gasteiger partial charge >= 0.3 is 5.97 Å². The summed E-state index contributed by atoms with van der Waals surface area (Å²) in [7, 11) is 2.69. The summed E-state index contributed by atoms with van der Waals surface area (Å²) in [6.45, 7) is 1.71. The number of methoxy groups -OCH3 is 2. The zero-order chi connectivity index (χ0) is 16.8. The van der Waals surface area contributed by atoms with Crippen LogP contribution in [-0.4, -0.2) is 26.0 Å². The molecule has 0 radical (unpaired) electrons. The van der Waals surface area contributed by atoms with Crippen LogP contribution in [0.15, 0.2) is 42.5 Å². The molecule has 23 heavy (non-hydrogen) atoms. The van der Waals surface area contributed by atoms with Gasteiger partial charge in [-0.3, -0.25) is 4.79 Å². The normalized spacial score (nSPS) is 10.0. The van der Waals surface area contributed by atoms with E-state index in [1.54, 1.807) is 6.07 Å². The number of esters is 1. The summed E-state index contributed by atoms with van der Waals surface area (Å²) in [6.07, 6.45) is 0. The van der Waals surface area contributed by atoms with E-state index in [0.717, 1.165) is 5.56 Å². The minimum atomic E-state index is -0.612. The van der Waals surface area contributed by atoms with Gasteiger partial charge in [-0.25, -0.2) is 4.79 Å². The molecule has 0 heterocycles. The molecule has 5 nitrogen and oxygen atoms in total. The summed E-state index contributed by atoms with van der Waals surface area (Å²) in [4.78, 5) is 23.8. The highest BCUT2D eigenvalue weighted by molar-refractivity contribution is 6.07. The van der Waals surface area contributed by atoms with Gasteiger partial charge in [-0.1, -0.05) is 30.3 Å². The van der Waals surface area contributed by atoms with Gasteiger partial charge in [-0.15, -0.1) is 0 Å². The van der Waals surface area contributed by atoms with E-state index in [1.165, 1.54) is 27.2 Å². The van der Waals surface area contributed by atoms with Crippen LogP contribution < -0.4 is 9.47 Å². The van der Waals surface area contributed by atoms with Crippen LogP contribution in [0.25, 0.3) is 0 Å². The molecule has 0 amide bonds. The van der Waals surface area contributed by atoms with Crippen LogP contribution in [-0.2, 0) is 11.3 Å². The van der Waals surface area contributed by atoms with Crippen LogP contribution in [0.5, 0.6) is 11.5 Å². The number of hydrogen-bond donors (Lipinski definition) is 0. The highest BCUT2D eigenvalue weighted by Gasteiger charge is 2.22. The average molecular weight is 314 g/mol. The fourth-order valence-corrected chi connectivity index (χ4v) is 2.21. The van der Waals surface area contributed by atoms with Crippen molar-refractivity contribution in [2.75, 3.05) is 14.2 Å². The first-order valence-electron chi connectivity index (χ1n) is 7.04. The fraction of sp³-hybridized carbons (Fsp3) is 0.222. The third-order valence-corrected chi connectivity index (χ3v) is 3.30. The second-order valence-corrected chi connectivity index (χ2v) is 4.87. The summed E-state index contributed by atoms with van der Waals surface area (Å²) >= 11 is 0. The van der Waals surface area contributed by atoms with Crippen molar-refractivity contribution < 1.29 is 23.8 Å². The Morgan fingerprint density at radius 3 is 2.30 bits per heavy atom. The molecule has 0 fully saturated rings. The average Bonchev–Trinajstić information content (AvgIpc) is 2.58. The monoisotopic (exact) mass is 314 g/mol. The molecule has 120 valence electrons. The Morgan fingerprint density at radius 2 is 1.74 bits per heavy atom. The summed E-state index contributed by atoms with van der Waals surface area (Å²) in [5.41, 5.74) is 1.30. The molecule has 0 unspecified atom stereocenters. The number of ketones is 1. The van der Waals surface area contributed by atoms with Crippen LogP contribution in [0.4, 0.5) is 0 Å². The molecule has 0 aliphatic carbocycles. The van der Waals surface area contributed by atoms with Crippen LogP contribution in [0, 0.1) is 0 Å². The van der Waals surface area contributed by atoms with E-state index in [0.29, 0.717) is 12.4 Å². The summed E-state index contributed by atoms with van der Waals surface area (Å²) in [5, 5.41) is 0. The SMILES string of the molecule is COC(=O)c1cc(OCc2ccccc2)cc(OC)c1C(C)=O. The first-order chi connectivity index (χ1) is 11.1. The number of benzene rings is 2. The Kier molecular flexibility index (Phi) is 5.36. The van der Waals surface area contributed by atoms with Crippen LogP contribution in [0.1, 0.15) is 33.2 Å². The third-order valence-electron chi connectivity index (χ3n) is 3.30. The lowest BCUT2D eigenvalue weighted by Gasteiger charge is -2.14. The maximum Gasteiger partial charge on any atom is 0.338 e. The van der Waals surface area contributed by atoms with Crippen molar-refractivity contribution in [2.45, 2.75) is 13.5 Å². The largest absolute Gasteiger partial charge is 0.496 e. The van der Waals surface area contributed by atoms with Gasteiger partial charge in [-0.05, 0) is 18.6 Å². The van der Waals surface area contributed by atoms with Crippen molar-refractivity contribution in [2.24, 2.45) is 0 Å². The fourth-order valence-electron chi connectivity index (χ4n) is 2.21. The van der Waals surface area contributed by atoms with Crippen molar-refractivity contribution in [1.29, 1.82) is 0 Å². The molecule has 0 aliphatic rings. The van der Waals surface area contributed by atoms with Gasteiger partial charge in [0.05, 0.1) is 25.3 Å². The number of carbonyl (C=O) groups is 2. The third kappa shape index (κ3) is 3.88. The molecule has 0 bridgehead atoms. The molecule has 0 aromatic heterocycles. The first kappa shape index (κ1) is 16.5. The molecule has 0 saturated heterocycles. The topological polar surface area (TPSA) is 61.8 Å². The predicted molar refractivity (Wildman–Crippen MR) is 85.1 cm³/mol. The molecular formula is C18H18O5. The van der Waals surface area contributed by atoms with Crippen molar-refractivity contribution in [1.82, 2.24) is 0 Å². The van der Waals surface area contributed by atoms with Gasteiger partial charge in [0.2, 0.25) is 0 Å². The maximum absolute atomic E-state index is 11.9. The zero-order valence-electron chi connectivity index (χ0n) is 13.3. The number of Topliss-reactive ketones (excluding diaryl/α,β-unsaturated/α-hetero) is 1. The molecule has 0 aliphatic heterocycles. The maximum atomic E-state index is 11.9. The van der Waals surface area contributed by atoms with Gasteiger partial charge < -0.3 is 14.2 Å². The second kappa shape index (κ2) is 7.45. The minimum Gasteiger partial charge on any atom is -0.496 e. The van der Waals surface area contributed by atoms with E-state index in [1.807, 2.05) is 30.3 Å². The van der Waals surface area contributed by atoms with E-state index in [9.17, 15) is 9.59 Å². The summed E-state index contributed by atoms with van der Waals surface area (Å²) in [5.74, 6) is -0.185. The molecule has 5 heteroatoms. The highest BCUT2D eigenvalue weighted by atomic mass is 16.5. The Bertz CT molecular complexity index is 707. The number of rotatable bonds is 6. The lowest BCUT2D eigenvalue weighted by molar-refractivity contribution is 0.0596. The zero-order valence-corrected chi connectivity index (χ0v) is 13.3. The van der Waals surface area contributed by atoms with Gasteiger partial charge in [0.25, 0.3) is 0 Å². The lowest BCUT2D eigenvalue weighted by atomic mass is 10.0. The lowest BCUT2D eigenvalue weighted by Crippen LogP contribution is -2.11. The predicted octanol–water partition coefficient (Wildman–Crippen LogP) is 3.26. The summed E-state index contributed by atoms with van der Waals surface area (Å²) < 4.78 is 15.7. The number of ether oxygens (including phenoxy) is 3. The van der Waals surface area contributed by atoms with Crippen molar-refractivity contribution in [3.05, 3.63) is 59.2 Å². The van der Waals surface area contributed by atoms with E-state index < -0.39 is 5.97 Å². The van der Waals surface area contributed by atoms with E-state index in [-0.39, 0.29) is 22.7 Å². The van der Waals surface area contributed by atoms with Gasteiger partial charge in [0, 0.05) is 6.07 Å². The van der Waals surface area contributed by atoms with Gasteiger partial charge in [0.15, 0.2) is 5.78 Å². The quantitative estimate of drug-likeness (QED) is 0.605. The Hall–Kier alpha value is -2.82. The van der Waals surface area contributed by atoms with Gasteiger partial charge in [0.1, 0.15) is 18.1 Å². The van der Waals surface area contributed by atoms with Gasteiger partial charge in [-0.2, -0.15) is 0 Å². The molecule has 2 aromatic rings. The molecule has 2 aromatic carbocycles. The molecule has 2 rings (SSSR count). The Balaban J connectivity index is 2.37. The second-order valence-electron chi connectivity index (χ2n) is 4.87. The molecular weight excluding hydrogens is 296 g/mol. The van der Waals surface area contributed by atoms with Crippen LogP contribution in [0.2, 0.25) is 0 Å². The summed E-state index contributed by atoms with van der Waals surface area (Å²) in [6, 6.07) is 12.7. The van der Waals surface area contributed by atoms with Crippen molar-refractivity contribution >= 4 is 11.8 Å². The molecule has 0 atom stereocenters. The van der Waals surface area contributed by atoms with Crippen molar-refractivity contribution in [3.8, 4) is 11.5 Å². The van der Waals surface area contributed by atoms with E-state index >= 15 is 0 Å². The van der Waals surface area contributed by atoms with E-state index in [4.69, 9.17) is 14.2 Å². The van der Waals surface area contributed by atoms with E-state index in [2.05, 4.69) is 0 Å². The Labute approximate surface area is 134 Å². The molecule has 0 N–H and O–H groups in total. The minimum absolute atomic E-state index is 0.127. The standard InChI is InChI=1S/C18H18O5/c1-12(19)17-15(18(20)22-3)9-14(10-16(17)21-2)23-11-13-7-5-4-6-8-13/h4-10H,11H2,1-3H3. The van der Waals surface area contributed by atoms with Crippen LogP contribution in [0.3, 0.4) is 0 Å². The molecule has 0 spiro atoms. The Morgan fingerprint density at radius 1 is 1.04 bits per heavy atom. The van der Waals surface area contributed by atoms with Crippen LogP contribution >= 0.6 is 0 Å².